The number of carbonyl (C=O) groups excluding carboxylic acids is 2. The Morgan fingerprint density at radius 2 is 2.05 bits per heavy atom. The average Bonchev–Trinajstić information content (AvgIpc) is 2.78. The Hall–Kier alpha value is -0.900. The molecule has 5 atom stereocenters. The van der Waals surface area contributed by atoms with Crippen LogP contribution in [-0.4, -0.2) is 30.1 Å². The number of esters is 1. The lowest BCUT2D eigenvalue weighted by molar-refractivity contribution is -0.157. The van der Waals surface area contributed by atoms with Crippen LogP contribution in [0.15, 0.2) is 0 Å². The van der Waals surface area contributed by atoms with Crippen molar-refractivity contribution in [2.24, 2.45) is 28.6 Å². The van der Waals surface area contributed by atoms with E-state index < -0.39 is 5.41 Å². The van der Waals surface area contributed by atoms with Gasteiger partial charge in [-0.3, -0.25) is 9.59 Å². The van der Waals surface area contributed by atoms with Gasteiger partial charge < -0.3 is 9.84 Å². The average molecular weight is 266 g/mol. The number of rotatable bonds is 1. The first-order chi connectivity index (χ1) is 8.93. The number of hydrogen-bond donors (Lipinski definition) is 1. The van der Waals surface area contributed by atoms with Gasteiger partial charge >= 0.3 is 5.97 Å². The zero-order valence-electron chi connectivity index (χ0n) is 11.6. The van der Waals surface area contributed by atoms with Crippen LogP contribution in [0.2, 0.25) is 0 Å². The Morgan fingerprint density at radius 3 is 2.74 bits per heavy atom. The van der Waals surface area contributed by atoms with E-state index in [4.69, 9.17) is 4.74 Å². The monoisotopic (exact) mass is 266 g/mol. The summed E-state index contributed by atoms with van der Waals surface area (Å²) in [6, 6.07) is 0. The van der Waals surface area contributed by atoms with Gasteiger partial charge in [-0.05, 0) is 30.6 Å². The van der Waals surface area contributed by atoms with E-state index >= 15 is 0 Å². The van der Waals surface area contributed by atoms with Gasteiger partial charge in [0.2, 0.25) is 0 Å². The number of ketones is 1. The summed E-state index contributed by atoms with van der Waals surface area (Å²) in [5.41, 5.74) is -0.690. The Labute approximate surface area is 113 Å². The second kappa shape index (κ2) is 4.05. The highest BCUT2D eigenvalue weighted by atomic mass is 16.5. The van der Waals surface area contributed by atoms with Crippen molar-refractivity contribution in [3.8, 4) is 0 Å². The number of carbonyl (C=O) groups is 2. The van der Waals surface area contributed by atoms with Crippen molar-refractivity contribution >= 4 is 11.8 Å². The third kappa shape index (κ3) is 1.55. The molecule has 2 saturated carbocycles. The van der Waals surface area contributed by atoms with Gasteiger partial charge in [0, 0.05) is 12.3 Å². The van der Waals surface area contributed by atoms with Crippen LogP contribution in [0, 0.1) is 28.6 Å². The van der Waals surface area contributed by atoms with Crippen LogP contribution in [0.5, 0.6) is 0 Å². The van der Waals surface area contributed by atoms with E-state index in [0.29, 0.717) is 13.0 Å². The molecule has 4 nitrogen and oxygen atoms in total. The molecular weight excluding hydrogens is 244 g/mol. The van der Waals surface area contributed by atoms with Crippen LogP contribution >= 0.6 is 0 Å². The predicted octanol–water partition coefficient (Wildman–Crippen LogP) is 1.55. The maximum Gasteiger partial charge on any atom is 0.309 e. The molecule has 0 radical (unpaired) electrons. The van der Waals surface area contributed by atoms with E-state index in [1.165, 1.54) is 0 Å². The zero-order chi connectivity index (χ0) is 13.8. The van der Waals surface area contributed by atoms with Crippen molar-refractivity contribution in [2.75, 3.05) is 13.2 Å². The minimum Gasteiger partial charge on any atom is -0.465 e. The van der Waals surface area contributed by atoms with E-state index in [2.05, 4.69) is 6.92 Å². The Kier molecular flexibility index (Phi) is 2.79. The summed E-state index contributed by atoms with van der Waals surface area (Å²) in [7, 11) is 0. The number of hydrogen-bond acceptors (Lipinski definition) is 4. The molecule has 0 bridgehead atoms. The zero-order valence-corrected chi connectivity index (χ0v) is 11.6. The molecule has 5 unspecified atom stereocenters. The van der Waals surface area contributed by atoms with Crippen LogP contribution in [-0.2, 0) is 14.3 Å². The molecule has 3 aliphatic rings. The summed E-state index contributed by atoms with van der Waals surface area (Å²) in [5, 5.41) is 9.75. The first kappa shape index (κ1) is 13.1. The summed E-state index contributed by atoms with van der Waals surface area (Å²) in [4.78, 5) is 24.0. The van der Waals surface area contributed by atoms with Crippen LogP contribution in [0.25, 0.3) is 0 Å². The fourth-order valence-corrected chi connectivity index (χ4v) is 4.93. The van der Waals surface area contributed by atoms with E-state index in [1.807, 2.05) is 6.92 Å². The molecule has 1 heterocycles. The van der Waals surface area contributed by atoms with E-state index in [1.54, 1.807) is 0 Å². The summed E-state index contributed by atoms with van der Waals surface area (Å²) in [6.07, 6.45) is 2.98. The van der Waals surface area contributed by atoms with Crippen molar-refractivity contribution in [3.05, 3.63) is 0 Å². The Morgan fingerprint density at radius 1 is 1.32 bits per heavy atom. The number of ether oxygens (including phenoxy) is 1. The first-order valence-electron chi connectivity index (χ1n) is 7.24. The summed E-state index contributed by atoms with van der Waals surface area (Å²) >= 11 is 0. The van der Waals surface area contributed by atoms with E-state index in [9.17, 15) is 14.7 Å². The van der Waals surface area contributed by atoms with Gasteiger partial charge in [0.05, 0.1) is 24.5 Å². The van der Waals surface area contributed by atoms with Gasteiger partial charge in [-0.1, -0.05) is 13.8 Å². The molecule has 1 aliphatic heterocycles. The molecule has 0 aromatic carbocycles. The molecule has 1 N–H and O–H groups in total. The van der Waals surface area contributed by atoms with Gasteiger partial charge in [0.15, 0.2) is 0 Å². The summed E-state index contributed by atoms with van der Waals surface area (Å²) in [6.45, 7) is 4.50. The molecule has 19 heavy (non-hydrogen) atoms. The lowest BCUT2D eigenvalue weighted by atomic mass is 9.46. The molecule has 4 heteroatoms. The van der Waals surface area contributed by atoms with Crippen LogP contribution in [0.3, 0.4) is 0 Å². The van der Waals surface area contributed by atoms with Gasteiger partial charge in [0.1, 0.15) is 5.78 Å². The quantitative estimate of drug-likeness (QED) is 0.731. The van der Waals surface area contributed by atoms with Crippen molar-refractivity contribution in [2.45, 2.75) is 39.5 Å². The lowest BCUT2D eigenvalue weighted by Gasteiger charge is -2.56. The van der Waals surface area contributed by atoms with E-state index in [0.717, 1.165) is 19.3 Å². The van der Waals surface area contributed by atoms with Crippen LogP contribution < -0.4 is 0 Å². The topological polar surface area (TPSA) is 63.6 Å². The highest BCUT2D eigenvalue weighted by Crippen LogP contribution is 2.61. The molecule has 0 aromatic rings. The standard InChI is InChI=1S/C15H22O4/c1-14-6-5-12(17)15(2,8-16)11(14)4-3-9-10(14)7-19-13(9)18/h9-11,16H,3-8H2,1-2H3. The number of cyclic esters (lactones) is 1. The second-order valence-corrected chi connectivity index (χ2v) is 6.98. The maximum absolute atomic E-state index is 12.2. The molecule has 0 spiro atoms. The van der Waals surface area contributed by atoms with Gasteiger partial charge in [0.25, 0.3) is 0 Å². The molecule has 2 aliphatic carbocycles. The molecular formula is C15H22O4. The normalized spacial score (nSPS) is 49.5. The molecule has 3 rings (SSSR count). The molecule has 3 fully saturated rings. The first-order valence-corrected chi connectivity index (χ1v) is 7.24. The molecule has 106 valence electrons. The number of aliphatic hydroxyl groups excluding tert-OH is 1. The number of aliphatic hydroxyl groups is 1. The summed E-state index contributed by atoms with van der Waals surface area (Å²) < 4.78 is 5.26. The van der Waals surface area contributed by atoms with Crippen LogP contribution in [0.4, 0.5) is 0 Å². The number of Topliss-reactive ketones (excluding diaryl/α,β-unsaturated/α-hetero) is 1. The SMILES string of the molecule is CC1(CO)C(=O)CCC2(C)C3COC(=O)C3CCC12. The maximum atomic E-state index is 12.2. The predicted molar refractivity (Wildman–Crippen MR) is 68.2 cm³/mol. The third-order valence-corrected chi connectivity index (χ3v) is 6.23. The third-order valence-electron chi connectivity index (χ3n) is 6.23. The van der Waals surface area contributed by atoms with Crippen molar-refractivity contribution in [1.82, 2.24) is 0 Å². The minimum atomic E-state index is -0.635. The Bertz CT molecular complexity index is 432. The van der Waals surface area contributed by atoms with E-state index in [-0.39, 0.29) is 41.5 Å². The van der Waals surface area contributed by atoms with Gasteiger partial charge in [-0.15, -0.1) is 0 Å². The Balaban J connectivity index is 1.99. The lowest BCUT2D eigenvalue weighted by Crippen LogP contribution is -2.57. The highest BCUT2D eigenvalue weighted by molar-refractivity contribution is 5.86. The fourth-order valence-electron chi connectivity index (χ4n) is 4.93. The van der Waals surface area contributed by atoms with Gasteiger partial charge in [-0.2, -0.15) is 0 Å². The second-order valence-electron chi connectivity index (χ2n) is 6.98. The molecule has 1 saturated heterocycles. The minimum absolute atomic E-state index is 0.0115. The van der Waals surface area contributed by atoms with Crippen molar-refractivity contribution in [1.29, 1.82) is 0 Å². The number of fused-ring (bicyclic) bond motifs is 3. The van der Waals surface area contributed by atoms with Crippen LogP contribution in [0.1, 0.15) is 39.5 Å². The molecule has 0 amide bonds. The fraction of sp³-hybridized carbons (Fsp3) is 0.867. The van der Waals surface area contributed by atoms with Crippen molar-refractivity contribution in [3.63, 3.8) is 0 Å². The van der Waals surface area contributed by atoms with Gasteiger partial charge in [-0.25, -0.2) is 0 Å². The summed E-state index contributed by atoms with van der Waals surface area (Å²) in [5.74, 6) is 0.519. The smallest absolute Gasteiger partial charge is 0.309 e. The molecule has 0 aromatic heterocycles. The highest BCUT2D eigenvalue weighted by Gasteiger charge is 2.61. The van der Waals surface area contributed by atoms with Crippen molar-refractivity contribution < 1.29 is 19.4 Å². The largest absolute Gasteiger partial charge is 0.465 e.